The minimum Gasteiger partial charge on any atom is -0.293 e. The summed E-state index contributed by atoms with van der Waals surface area (Å²) in [6.45, 7) is 0. The number of benzene rings is 1. The van der Waals surface area contributed by atoms with E-state index in [4.69, 9.17) is 23.2 Å². The normalized spacial score (nSPS) is 14.5. The van der Waals surface area contributed by atoms with Gasteiger partial charge in [0.25, 0.3) is 0 Å². The van der Waals surface area contributed by atoms with E-state index in [2.05, 4.69) is 15.5 Å². The van der Waals surface area contributed by atoms with Crippen molar-refractivity contribution < 1.29 is 4.79 Å². The molecule has 1 aliphatic rings. The molecular formula is C12H10Cl2N4OS. The quantitative estimate of drug-likeness (QED) is 0.622. The van der Waals surface area contributed by atoms with Gasteiger partial charge in [-0.05, 0) is 41.5 Å². The largest absolute Gasteiger partial charge is 0.293 e. The standard InChI is InChI=1S/C12H10Cl2N4OS/c13-9-4-1-7(5-10(9)14)11(19)6-20-12-15-16-17-18(12)8-2-3-8/h1,4-5,8H,2-3,6H2. The van der Waals surface area contributed by atoms with Crippen molar-refractivity contribution in [3.63, 3.8) is 0 Å². The molecule has 1 heterocycles. The van der Waals surface area contributed by atoms with Crippen molar-refractivity contribution in [1.29, 1.82) is 0 Å². The van der Waals surface area contributed by atoms with Gasteiger partial charge >= 0.3 is 0 Å². The molecule has 0 N–H and O–H groups in total. The van der Waals surface area contributed by atoms with E-state index in [1.165, 1.54) is 11.8 Å². The highest BCUT2D eigenvalue weighted by Gasteiger charge is 2.28. The van der Waals surface area contributed by atoms with Gasteiger partial charge in [-0.2, -0.15) is 0 Å². The number of hydrogen-bond donors (Lipinski definition) is 0. The van der Waals surface area contributed by atoms with Gasteiger partial charge in [0.2, 0.25) is 5.16 Å². The second-order valence-electron chi connectivity index (χ2n) is 4.48. The molecule has 0 atom stereocenters. The second kappa shape index (κ2) is 5.71. The molecule has 0 bridgehead atoms. The smallest absolute Gasteiger partial charge is 0.210 e. The maximum absolute atomic E-state index is 12.1. The number of aromatic nitrogens is 4. The van der Waals surface area contributed by atoms with Crippen LogP contribution in [-0.4, -0.2) is 31.7 Å². The highest BCUT2D eigenvalue weighted by Crippen LogP contribution is 2.36. The van der Waals surface area contributed by atoms with Crippen LogP contribution in [0.3, 0.4) is 0 Å². The van der Waals surface area contributed by atoms with Gasteiger partial charge in [-0.15, -0.1) is 5.10 Å². The van der Waals surface area contributed by atoms with Gasteiger partial charge in [0.05, 0.1) is 21.8 Å². The van der Waals surface area contributed by atoms with Gasteiger partial charge in [0.1, 0.15) is 0 Å². The number of ketones is 1. The zero-order valence-corrected chi connectivity index (χ0v) is 12.6. The third kappa shape index (κ3) is 2.97. The van der Waals surface area contributed by atoms with Crippen LogP contribution in [0.25, 0.3) is 0 Å². The van der Waals surface area contributed by atoms with Crippen LogP contribution in [0.15, 0.2) is 23.4 Å². The van der Waals surface area contributed by atoms with Crippen LogP contribution in [0, 0.1) is 0 Å². The number of carbonyl (C=O) groups is 1. The number of halogens is 2. The van der Waals surface area contributed by atoms with Gasteiger partial charge in [0.15, 0.2) is 5.78 Å². The lowest BCUT2D eigenvalue weighted by Gasteiger charge is -2.03. The summed E-state index contributed by atoms with van der Waals surface area (Å²) in [4.78, 5) is 12.1. The van der Waals surface area contributed by atoms with Crippen LogP contribution in [0.4, 0.5) is 0 Å². The van der Waals surface area contributed by atoms with Gasteiger partial charge in [0, 0.05) is 5.56 Å². The van der Waals surface area contributed by atoms with Crippen molar-refractivity contribution in [2.24, 2.45) is 0 Å². The SMILES string of the molecule is O=C(CSc1nnnn1C1CC1)c1ccc(Cl)c(Cl)c1. The molecule has 1 aromatic heterocycles. The predicted octanol–water partition coefficient (Wildman–Crippen LogP) is 3.29. The fraction of sp³-hybridized carbons (Fsp3) is 0.333. The van der Waals surface area contributed by atoms with Crippen molar-refractivity contribution in [3.05, 3.63) is 33.8 Å². The third-order valence-corrected chi connectivity index (χ3v) is 4.60. The first kappa shape index (κ1) is 13.9. The van der Waals surface area contributed by atoms with Crippen LogP contribution >= 0.6 is 35.0 Å². The highest BCUT2D eigenvalue weighted by molar-refractivity contribution is 7.99. The first-order valence-corrected chi connectivity index (χ1v) is 7.78. The number of hydrogen-bond acceptors (Lipinski definition) is 5. The summed E-state index contributed by atoms with van der Waals surface area (Å²) in [5, 5.41) is 13.0. The van der Waals surface area contributed by atoms with E-state index in [0.29, 0.717) is 26.8 Å². The lowest BCUT2D eigenvalue weighted by atomic mass is 10.1. The Labute approximate surface area is 129 Å². The van der Waals surface area contributed by atoms with Gasteiger partial charge in [-0.1, -0.05) is 35.0 Å². The zero-order valence-electron chi connectivity index (χ0n) is 10.3. The van der Waals surface area contributed by atoms with E-state index in [9.17, 15) is 4.79 Å². The predicted molar refractivity (Wildman–Crippen MR) is 77.6 cm³/mol. The molecule has 1 saturated carbocycles. The maximum Gasteiger partial charge on any atom is 0.210 e. The van der Waals surface area contributed by atoms with Crippen molar-refractivity contribution in [2.75, 3.05) is 5.75 Å². The Morgan fingerprint density at radius 1 is 1.35 bits per heavy atom. The Morgan fingerprint density at radius 3 is 2.85 bits per heavy atom. The van der Waals surface area contributed by atoms with Crippen molar-refractivity contribution in [3.8, 4) is 0 Å². The van der Waals surface area contributed by atoms with Crippen LogP contribution in [0.1, 0.15) is 29.2 Å². The lowest BCUT2D eigenvalue weighted by molar-refractivity contribution is 0.102. The Hall–Kier alpha value is -1.11. The molecule has 8 heteroatoms. The zero-order chi connectivity index (χ0) is 14.1. The number of rotatable bonds is 5. The van der Waals surface area contributed by atoms with E-state index in [-0.39, 0.29) is 11.5 Å². The first-order valence-electron chi connectivity index (χ1n) is 6.04. The third-order valence-electron chi connectivity index (χ3n) is 2.93. The average molecular weight is 329 g/mol. The summed E-state index contributed by atoms with van der Waals surface area (Å²) in [6.07, 6.45) is 2.19. The molecule has 0 unspecified atom stereocenters. The van der Waals surface area contributed by atoms with Gasteiger partial charge in [-0.3, -0.25) is 4.79 Å². The monoisotopic (exact) mass is 328 g/mol. The van der Waals surface area contributed by atoms with Crippen molar-refractivity contribution in [1.82, 2.24) is 20.2 Å². The average Bonchev–Trinajstić information content (AvgIpc) is 3.18. The summed E-state index contributed by atoms with van der Waals surface area (Å²) in [5.41, 5.74) is 0.539. The summed E-state index contributed by atoms with van der Waals surface area (Å²) < 4.78 is 1.78. The summed E-state index contributed by atoms with van der Waals surface area (Å²) in [5.74, 6) is 0.240. The van der Waals surface area contributed by atoms with E-state index in [0.717, 1.165) is 12.8 Å². The van der Waals surface area contributed by atoms with Gasteiger partial charge in [-0.25, -0.2) is 4.68 Å². The summed E-state index contributed by atoms with van der Waals surface area (Å²) in [6, 6.07) is 5.26. The molecule has 0 amide bonds. The number of carbonyl (C=O) groups excluding carboxylic acids is 1. The number of thioether (sulfide) groups is 1. The molecule has 1 aromatic carbocycles. The molecule has 0 spiro atoms. The number of Topliss-reactive ketones (excluding diaryl/α,β-unsaturated/α-hetero) is 1. The van der Waals surface area contributed by atoms with E-state index in [1.807, 2.05) is 0 Å². The van der Waals surface area contributed by atoms with Crippen molar-refractivity contribution >= 4 is 40.7 Å². The first-order chi connectivity index (χ1) is 9.65. The molecule has 0 aliphatic heterocycles. The molecule has 1 aliphatic carbocycles. The molecular weight excluding hydrogens is 319 g/mol. The fourth-order valence-electron chi connectivity index (χ4n) is 1.71. The maximum atomic E-state index is 12.1. The molecule has 0 radical (unpaired) electrons. The summed E-state index contributed by atoms with van der Waals surface area (Å²) in [7, 11) is 0. The van der Waals surface area contributed by atoms with E-state index in [1.54, 1.807) is 22.9 Å². The molecule has 0 saturated heterocycles. The number of tetrazole rings is 1. The fourth-order valence-corrected chi connectivity index (χ4v) is 2.85. The van der Waals surface area contributed by atoms with Crippen molar-refractivity contribution in [2.45, 2.75) is 24.0 Å². The Bertz CT molecular complexity index is 657. The molecule has 3 rings (SSSR count). The second-order valence-corrected chi connectivity index (χ2v) is 6.23. The van der Waals surface area contributed by atoms with Crippen LogP contribution < -0.4 is 0 Å². The van der Waals surface area contributed by atoms with Crippen LogP contribution in [-0.2, 0) is 0 Å². The van der Waals surface area contributed by atoms with Gasteiger partial charge < -0.3 is 0 Å². The molecule has 2 aromatic rings. The topological polar surface area (TPSA) is 60.7 Å². The molecule has 20 heavy (non-hydrogen) atoms. The van der Waals surface area contributed by atoms with Crippen LogP contribution in [0.2, 0.25) is 10.0 Å². The number of nitrogens with zero attached hydrogens (tertiary/aromatic N) is 4. The minimum absolute atomic E-state index is 0.0288. The van der Waals surface area contributed by atoms with E-state index >= 15 is 0 Å². The van der Waals surface area contributed by atoms with Crippen LogP contribution in [0.5, 0.6) is 0 Å². The Kier molecular flexibility index (Phi) is 3.96. The van der Waals surface area contributed by atoms with E-state index < -0.39 is 0 Å². The Balaban J connectivity index is 1.66. The summed E-state index contributed by atoms with van der Waals surface area (Å²) >= 11 is 13.1. The molecule has 104 valence electrons. The molecule has 5 nitrogen and oxygen atoms in total. The Morgan fingerprint density at radius 2 is 2.15 bits per heavy atom. The lowest BCUT2D eigenvalue weighted by Crippen LogP contribution is -2.05. The molecule has 1 fully saturated rings. The minimum atomic E-state index is -0.0288. The highest BCUT2D eigenvalue weighted by atomic mass is 35.5.